The van der Waals surface area contributed by atoms with Crippen LogP contribution in [0, 0.1) is 17.0 Å². The van der Waals surface area contributed by atoms with Gasteiger partial charge in [0, 0.05) is 40.8 Å². The number of hydrogen-bond acceptors (Lipinski definition) is 6. The maximum absolute atomic E-state index is 12.2. The van der Waals surface area contributed by atoms with Gasteiger partial charge in [0.2, 0.25) is 0 Å². The molecule has 0 unspecified atom stereocenters. The number of nitrogens with one attached hydrogen (secondary N) is 2. The summed E-state index contributed by atoms with van der Waals surface area (Å²) in [5.41, 5.74) is 2.32. The van der Waals surface area contributed by atoms with Crippen LogP contribution in [0.1, 0.15) is 16.1 Å². The highest BCUT2D eigenvalue weighted by molar-refractivity contribution is 6.04. The van der Waals surface area contributed by atoms with Crippen LogP contribution in [0.25, 0.3) is 0 Å². The number of aromatic nitrogens is 2. The molecule has 1 amide bonds. The molecule has 2 aromatic carbocycles. The number of hydrogen-bond donors (Lipinski definition) is 2. The number of amides is 1. The van der Waals surface area contributed by atoms with E-state index in [1.807, 2.05) is 13.0 Å². The van der Waals surface area contributed by atoms with Crippen LogP contribution in [-0.2, 0) is 0 Å². The standard InChI is InChI=1S/C18H15N5O3/c1-12-9-17(20-11-19-12)21-14-5-7-15(8-6-14)22-18(24)13-3-2-4-16(10-13)23(25)26/h2-11H,1H3,(H,22,24)(H,19,20,21). The molecule has 0 saturated carbocycles. The summed E-state index contributed by atoms with van der Waals surface area (Å²) < 4.78 is 0. The molecule has 3 rings (SSSR count). The number of aryl methyl sites for hydroxylation is 1. The van der Waals surface area contributed by atoms with Gasteiger partial charge < -0.3 is 10.6 Å². The number of nitrogens with zero attached hydrogens (tertiary/aromatic N) is 3. The lowest BCUT2D eigenvalue weighted by Crippen LogP contribution is -2.12. The number of carbonyl (C=O) groups is 1. The Bertz CT molecular complexity index is 957. The Balaban J connectivity index is 1.68. The van der Waals surface area contributed by atoms with Crippen molar-refractivity contribution in [2.24, 2.45) is 0 Å². The van der Waals surface area contributed by atoms with Crippen LogP contribution in [0.15, 0.2) is 60.9 Å². The van der Waals surface area contributed by atoms with Crippen molar-refractivity contribution in [2.75, 3.05) is 10.6 Å². The fraction of sp³-hybridized carbons (Fsp3) is 0.0556. The number of anilines is 3. The van der Waals surface area contributed by atoms with Crippen LogP contribution in [0.4, 0.5) is 22.9 Å². The molecule has 2 N–H and O–H groups in total. The number of nitro benzene ring substituents is 1. The number of nitro groups is 1. The highest BCUT2D eigenvalue weighted by atomic mass is 16.6. The molecule has 0 atom stereocenters. The zero-order chi connectivity index (χ0) is 18.5. The first-order valence-electron chi connectivity index (χ1n) is 7.73. The molecular formula is C18H15N5O3. The van der Waals surface area contributed by atoms with Gasteiger partial charge >= 0.3 is 0 Å². The highest BCUT2D eigenvalue weighted by Gasteiger charge is 2.11. The normalized spacial score (nSPS) is 10.2. The van der Waals surface area contributed by atoms with Gasteiger partial charge in [0.1, 0.15) is 12.1 Å². The van der Waals surface area contributed by atoms with Gasteiger partial charge in [-0.2, -0.15) is 0 Å². The first-order valence-corrected chi connectivity index (χ1v) is 7.73. The summed E-state index contributed by atoms with van der Waals surface area (Å²) >= 11 is 0. The van der Waals surface area contributed by atoms with Crippen molar-refractivity contribution < 1.29 is 9.72 Å². The summed E-state index contributed by atoms with van der Waals surface area (Å²) in [5, 5.41) is 16.6. The van der Waals surface area contributed by atoms with Gasteiger partial charge in [0.25, 0.3) is 11.6 Å². The molecule has 130 valence electrons. The van der Waals surface area contributed by atoms with E-state index in [0.29, 0.717) is 11.5 Å². The first kappa shape index (κ1) is 17.0. The van der Waals surface area contributed by atoms with Crippen LogP contribution in [0.3, 0.4) is 0 Å². The molecule has 8 heteroatoms. The molecule has 1 aromatic heterocycles. The van der Waals surface area contributed by atoms with Crippen molar-refractivity contribution in [2.45, 2.75) is 6.92 Å². The monoisotopic (exact) mass is 349 g/mol. The van der Waals surface area contributed by atoms with Crippen molar-refractivity contribution in [3.05, 3.63) is 82.3 Å². The van der Waals surface area contributed by atoms with Gasteiger partial charge in [-0.1, -0.05) is 6.07 Å². The van der Waals surface area contributed by atoms with Crippen molar-refractivity contribution >= 4 is 28.8 Å². The van der Waals surface area contributed by atoms with Gasteiger partial charge in [-0.05, 0) is 37.3 Å². The molecule has 0 saturated heterocycles. The lowest BCUT2D eigenvalue weighted by Gasteiger charge is -2.08. The molecule has 0 fully saturated rings. The van der Waals surface area contributed by atoms with Gasteiger partial charge in [-0.15, -0.1) is 0 Å². The summed E-state index contributed by atoms with van der Waals surface area (Å²) in [7, 11) is 0. The largest absolute Gasteiger partial charge is 0.340 e. The Morgan fingerprint density at radius 2 is 1.77 bits per heavy atom. The van der Waals surface area contributed by atoms with E-state index in [9.17, 15) is 14.9 Å². The quantitative estimate of drug-likeness (QED) is 0.537. The molecule has 0 aliphatic heterocycles. The molecule has 0 bridgehead atoms. The van der Waals surface area contributed by atoms with E-state index in [0.717, 1.165) is 11.4 Å². The molecule has 0 aliphatic rings. The lowest BCUT2D eigenvalue weighted by molar-refractivity contribution is -0.384. The van der Waals surface area contributed by atoms with E-state index >= 15 is 0 Å². The third-order valence-electron chi connectivity index (χ3n) is 3.54. The van der Waals surface area contributed by atoms with Crippen LogP contribution < -0.4 is 10.6 Å². The topological polar surface area (TPSA) is 110 Å². The highest BCUT2D eigenvalue weighted by Crippen LogP contribution is 2.19. The first-order chi connectivity index (χ1) is 12.5. The Labute approximate surface area is 149 Å². The third-order valence-corrected chi connectivity index (χ3v) is 3.54. The molecule has 3 aromatic rings. The summed E-state index contributed by atoms with van der Waals surface area (Å²) in [4.78, 5) is 30.7. The Kier molecular flexibility index (Phi) is 4.84. The minimum atomic E-state index is -0.536. The molecule has 0 aliphatic carbocycles. The average molecular weight is 349 g/mol. The van der Waals surface area contributed by atoms with E-state index in [2.05, 4.69) is 20.6 Å². The van der Waals surface area contributed by atoms with Gasteiger partial charge in [-0.3, -0.25) is 14.9 Å². The maximum Gasteiger partial charge on any atom is 0.270 e. The Hall–Kier alpha value is -3.81. The number of benzene rings is 2. The molecule has 8 nitrogen and oxygen atoms in total. The summed E-state index contributed by atoms with van der Waals surface area (Å²) in [6.45, 7) is 1.87. The number of non-ortho nitro benzene ring substituents is 1. The third kappa shape index (κ3) is 4.18. The number of carbonyl (C=O) groups excluding carboxylic acids is 1. The van der Waals surface area contributed by atoms with Crippen molar-refractivity contribution in [1.82, 2.24) is 9.97 Å². The Morgan fingerprint density at radius 1 is 1.04 bits per heavy atom. The second-order valence-electron chi connectivity index (χ2n) is 5.51. The van der Waals surface area contributed by atoms with E-state index in [1.165, 1.54) is 30.6 Å². The van der Waals surface area contributed by atoms with Gasteiger partial charge in [0.15, 0.2) is 0 Å². The molecule has 0 radical (unpaired) electrons. The van der Waals surface area contributed by atoms with Crippen molar-refractivity contribution in [3.63, 3.8) is 0 Å². The van der Waals surface area contributed by atoms with Gasteiger partial charge in [-0.25, -0.2) is 9.97 Å². The van der Waals surface area contributed by atoms with Crippen LogP contribution in [0.2, 0.25) is 0 Å². The predicted molar refractivity (Wildman–Crippen MR) is 97.5 cm³/mol. The minimum absolute atomic E-state index is 0.127. The fourth-order valence-electron chi connectivity index (χ4n) is 2.27. The summed E-state index contributed by atoms with van der Waals surface area (Å²) in [6.07, 6.45) is 1.48. The second kappa shape index (κ2) is 7.39. The summed E-state index contributed by atoms with van der Waals surface area (Å²) in [6, 6.07) is 14.4. The van der Waals surface area contributed by atoms with E-state index in [-0.39, 0.29) is 11.3 Å². The maximum atomic E-state index is 12.2. The second-order valence-corrected chi connectivity index (χ2v) is 5.51. The van der Waals surface area contributed by atoms with Crippen molar-refractivity contribution in [3.8, 4) is 0 Å². The summed E-state index contributed by atoms with van der Waals surface area (Å²) in [5.74, 6) is 0.256. The zero-order valence-corrected chi connectivity index (χ0v) is 13.8. The molecule has 0 spiro atoms. The zero-order valence-electron chi connectivity index (χ0n) is 13.8. The molecule has 26 heavy (non-hydrogen) atoms. The minimum Gasteiger partial charge on any atom is -0.340 e. The van der Waals surface area contributed by atoms with E-state index in [1.54, 1.807) is 24.3 Å². The Morgan fingerprint density at radius 3 is 2.46 bits per heavy atom. The smallest absolute Gasteiger partial charge is 0.270 e. The van der Waals surface area contributed by atoms with E-state index in [4.69, 9.17) is 0 Å². The van der Waals surface area contributed by atoms with Gasteiger partial charge in [0.05, 0.1) is 4.92 Å². The SMILES string of the molecule is Cc1cc(Nc2ccc(NC(=O)c3cccc([N+](=O)[O-])c3)cc2)ncn1. The van der Waals surface area contributed by atoms with E-state index < -0.39 is 10.8 Å². The van der Waals surface area contributed by atoms with Crippen molar-refractivity contribution in [1.29, 1.82) is 0 Å². The number of rotatable bonds is 5. The molecular weight excluding hydrogens is 334 g/mol. The average Bonchev–Trinajstić information content (AvgIpc) is 2.63. The fourth-order valence-corrected chi connectivity index (χ4v) is 2.27. The van der Waals surface area contributed by atoms with Crippen LogP contribution in [0.5, 0.6) is 0 Å². The molecule has 1 heterocycles. The lowest BCUT2D eigenvalue weighted by atomic mass is 10.2. The van der Waals surface area contributed by atoms with Crippen LogP contribution in [-0.4, -0.2) is 20.8 Å². The predicted octanol–water partition coefficient (Wildman–Crippen LogP) is 3.69. The van der Waals surface area contributed by atoms with Crippen LogP contribution >= 0.6 is 0 Å².